The van der Waals surface area contributed by atoms with Gasteiger partial charge in [-0.1, -0.05) is 11.8 Å². The molecule has 19 heavy (non-hydrogen) atoms. The van der Waals surface area contributed by atoms with Gasteiger partial charge in [-0.15, -0.1) is 5.10 Å². The zero-order chi connectivity index (χ0) is 13.3. The van der Waals surface area contributed by atoms with Crippen LogP contribution in [0, 0.1) is 5.92 Å². The smallest absolute Gasteiger partial charge is 0.209 e. The Balaban J connectivity index is 1.67. The topological polar surface area (TPSA) is 74.1 Å². The van der Waals surface area contributed by atoms with Crippen LogP contribution in [0.15, 0.2) is 5.16 Å². The van der Waals surface area contributed by atoms with Crippen LogP contribution in [0.2, 0.25) is 0 Å². The van der Waals surface area contributed by atoms with E-state index in [-0.39, 0.29) is 0 Å². The van der Waals surface area contributed by atoms with E-state index in [9.17, 15) is 0 Å². The highest BCUT2D eigenvalue weighted by atomic mass is 32.2. The van der Waals surface area contributed by atoms with Gasteiger partial charge in [0.15, 0.2) is 0 Å². The fourth-order valence-electron chi connectivity index (χ4n) is 1.83. The summed E-state index contributed by atoms with van der Waals surface area (Å²) in [6.07, 6.45) is 1.15. The SMILES string of the molecule is COCCNCCn1nnnc1SCC1CCOC1. The molecule has 1 saturated heterocycles. The average Bonchev–Trinajstić information content (AvgIpc) is 3.07. The zero-order valence-corrected chi connectivity index (χ0v) is 12.1. The van der Waals surface area contributed by atoms with Crippen LogP contribution in [-0.4, -0.2) is 66.0 Å². The molecule has 1 aromatic heterocycles. The van der Waals surface area contributed by atoms with Crippen LogP contribution in [-0.2, 0) is 16.0 Å². The summed E-state index contributed by atoms with van der Waals surface area (Å²) in [5.41, 5.74) is 0. The molecule has 0 aromatic carbocycles. The van der Waals surface area contributed by atoms with Crippen molar-refractivity contribution in [2.75, 3.05) is 45.8 Å². The monoisotopic (exact) mass is 287 g/mol. The van der Waals surface area contributed by atoms with Crippen LogP contribution < -0.4 is 5.32 Å². The standard InChI is InChI=1S/C11H21N5O2S/c1-17-7-4-12-3-5-16-11(13-14-15-16)19-9-10-2-6-18-8-10/h10,12H,2-9H2,1H3. The van der Waals surface area contributed by atoms with Crippen LogP contribution in [0.5, 0.6) is 0 Å². The highest BCUT2D eigenvalue weighted by Gasteiger charge is 2.17. The van der Waals surface area contributed by atoms with Gasteiger partial charge >= 0.3 is 0 Å². The third-order valence-electron chi connectivity index (χ3n) is 2.95. The molecule has 1 N–H and O–H groups in total. The normalized spacial score (nSPS) is 19.1. The lowest BCUT2D eigenvalue weighted by atomic mass is 10.2. The Kier molecular flexibility index (Phi) is 6.55. The van der Waals surface area contributed by atoms with E-state index in [0.29, 0.717) is 5.92 Å². The van der Waals surface area contributed by atoms with Crippen molar-refractivity contribution in [2.24, 2.45) is 5.92 Å². The van der Waals surface area contributed by atoms with Crippen molar-refractivity contribution < 1.29 is 9.47 Å². The average molecular weight is 287 g/mol. The summed E-state index contributed by atoms with van der Waals surface area (Å²) < 4.78 is 12.2. The summed E-state index contributed by atoms with van der Waals surface area (Å²) in [7, 11) is 1.70. The maximum Gasteiger partial charge on any atom is 0.209 e. The first kappa shape index (κ1) is 14.7. The van der Waals surface area contributed by atoms with E-state index in [4.69, 9.17) is 9.47 Å². The zero-order valence-electron chi connectivity index (χ0n) is 11.2. The van der Waals surface area contributed by atoms with Crippen LogP contribution >= 0.6 is 11.8 Å². The van der Waals surface area contributed by atoms with Crippen molar-refractivity contribution in [1.29, 1.82) is 0 Å². The molecule has 8 heteroatoms. The molecular weight excluding hydrogens is 266 g/mol. The van der Waals surface area contributed by atoms with E-state index in [2.05, 4.69) is 20.8 Å². The summed E-state index contributed by atoms with van der Waals surface area (Å²) in [4.78, 5) is 0. The minimum Gasteiger partial charge on any atom is -0.383 e. The summed E-state index contributed by atoms with van der Waals surface area (Å²) in [6, 6.07) is 0. The van der Waals surface area contributed by atoms with Gasteiger partial charge in [0.1, 0.15) is 0 Å². The highest BCUT2D eigenvalue weighted by Crippen LogP contribution is 2.22. The van der Waals surface area contributed by atoms with Gasteiger partial charge in [-0.2, -0.15) is 0 Å². The Morgan fingerprint density at radius 3 is 3.26 bits per heavy atom. The number of rotatable bonds is 9. The summed E-state index contributed by atoms with van der Waals surface area (Å²) in [6.45, 7) is 4.95. The Labute approximate surface area is 117 Å². The second-order valence-corrected chi connectivity index (χ2v) is 5.46. The van der Waals surface area contributed by atoms with E-state index < -0.39 is 0 Å². The number of hydrogen-bond acceptors (Lipinski definition) is 7. The molecule has 1 aliphatic heterocycles. The second-order valence-electron chi connectivity index (χ2n) is 4.47. The molecule has 2 rings (SSSR count). The molecule has 0 bridgehead atoms. The van der Waals surface area contributed by atoms with Crippen molar-refractivity contribution in [3.63, 3.8) is 0 Å². The number of tetrazole rings is 1. The second kappa shape index (κ2) is 8.47. The molecular formula is C11H21N5O2S. The molecule has 2 heterocycles. The Morgan fingerprint density at radius 2 is 2.47 bits per heavy atom. The van der Waals surface area contributed by atoms with Crippen LogP contribution in [0.1, 0.15) is 6.42 Å². The van der Waals surface area contributed by atoms with Gasteiger partial charge in [0, 0.05) is 32.6 Å². The molecule has 0 radical (unpaired) electrons. The highest BCUT2D eigenvalue weighted by molar-refractivity contribution is 7.99. The minimum atomic E-state index is 0.634. The third-order valence-corrected chi connectivity index (χ3v) is 4.14. The number of ether oxygens (including phenoxy) is 2. The molecule has 0 saturated carbocycles. The number of nitrogens with zero attached hydrogens (tertiary/aromatic N) is 4. The Morgan fingerprint density at radius 1 is 1.53 bits per heavy atom. The fraction of sp³-hybridized carbons (Fsp3) is 0.909. The van der Waals surface area contributed by atoms with Crippen molar-refractivity contribution in [3.8, 4) is 0 Å². The van der Waals surface area contributed by atoms with E-state index in [1.165, 1.54) is 0 Å². The molecule has 0 amide bonds. The number of thioether (sulfide) groups is 1. The molecule has 1 aliphatic rings. The number of aromatic nitrogens is 4. The van der Waals surface area contributed by atoms with Crippen molar-refractivity contribution >= 4 is 11.8 Å². The summed E-state index contributed by atoms with van der Waals surface area (Å²) in [5.74, 6) is 1.66. The van der Waals surface area contributed by atoms with Gasteiger partial charge in [0.2, 0.25) is 5.16 Å². The number of nitrogens with one attached hydrogen (secondary N) is 1. The van der Waals surface area contributed by atoms with Gasteiger partial charge in [-0.05, 0) is 22.8 Å². The summed E-state index contributed by atoms with van der Waals surface area (Å²) >= 11 is 1.71. The Bertz CT molecular complexity index is 357. The van der Waals surface area contributed by atoms with Crippen molar-refractivity contribution in [2.45, 2.75) is 18.1 Å². The van der Waals surface area contributed by atoms with Crippen LogP contribution in [0.4, 0.5) is 0 Å². The first-order chi connectivity index (χ1) is 9.40. The van der Waals surface area contributed by atoms with Gasteiger partial charge in [0.25, 0.3) is 0 Å². The molecule has 0 spiro atoms. The van der Waals surface area contributed by atoms with E-state index in [0.717, 1.165) is 56.8 Å². The first-order valence-corrected chi connectivity index (χ1v) is 7.55. The van der Waals surface area contributed by atoms with E-state index in [1.807, 2.05) is 4.68 Å². The van der Waals surface area contributed by atoms with Crippen molar-refractivity contribution in [1.82, 2.24) is 25.5 Å². The Hall–Kier alpha value is -0.700. The first-order valence-electron chi connectivity index (χ1n) is 6.56. The van der Waals surface area contributed by atoms with Gasteiger partial charge in [-0.3, -0.25) is 0 Å². The molecule has 0 aliphatic carbocycles. The largest absolute Gasteiger partial charge is 0.383 e. The third kappa shape index (κ3) is 5.06. The number of methoxy groups -OCH3 is 1. The molecule has 1 atom stereocenters. The number of hydrogen-bond donors (Lipinski definition) is 1. The lowest BCUT2D eigenvalue weighted by Crippen LogP contribution is -2.24. The van der Waals surface area contributed by atoms with Crippen LogP contribution in [0.3, 0.4) is 0 Å². The molecule has 7 nitrogen and oxygen atoms in total. The molecule has 1 unspecified atom stereocenters. The quantitative estimate of drug-likeness (QED) is 0.507. The van der Waals surface area contributed by atoms with Crippen LogP contribution in [0.25, 0.3) is 0 Å². The van der Waals surface area contributed by atoms with E-state index in [1.54, 1.807) is 18.9 Å². The van der Waals surface area contributed by atoms with Gasteiger partial charge in [-0.25, -0.2) is 4.68 Å². The summed E-state index contributed by atoms with van der Waals surface area (Å²) in [5, 5.41) is 16.0. The van der Waals surface area contributed by atoms with Gasteiger partial charge in [0.05, 0.1) is 19.8 Å². The van der Waals surface area contributed by atoms with Crippen molar-refractivity contribution in [3.05, 3.63) is 0 Å². The maximum absolute atomic E-state index is 5.37. The molecule has 1 fully saturated rings. The predicted molar refractivity (Wildman–Crippen MR) is 72.2 cm³/mol. The molecule has 1 aromatic rings. The lowest BCUT2D eigenvalue weighted by Gasteiger charge is -2.08. The maximum atomic E-state index is 5.37. The predicted octanol–water partition coefficient (Wildman–Crippen LogP) is 0.0377. The van der Waals surface area contributed by atoms with E-state index >= 15 is 0 Å². The fourth-order valence-corrected chi connectivity index (χ4v) is 2.85. The molecule has 108 valence electrons. The van der Waals surface area contributed by atoms with Gasteiger partial charge < -0.3 is 14.8 Å². The minimum absolute atomic E-state index is 0.634. The lowest BCUT2D eigenvalue weighted by molar-refractivity contribution is 0.189.